The first-order valence-electron chi connectivity index (χ1n) is 6.74. The van der Waals surface area contributed by atoms with E-state index >= 15 is 0 Å². The van der Waals surface area contributed by atoms with Crippen LogP contribution in [0.3, 0.4) is 0 Å². The fraction of sp³-hybridized carbons (Fsp3) is 0.500. The molecule has 17 heavy (non-hydrogen) atoms. The molecule has 0 saturated heterocycles. The molecule has 1 nitrogen and oxygen atoms in total. The van der Waals surface area contributed by atoms with Crippen molar-refractivity contribution in [3.63, 3.8) is 0 Å². The predicted molar refractivity (Wildman–Crippen MR) is 69.8 cm³/mol. The van der Waals surface area contributed by atoms with Crippen molar-refractivity contribution >= 4 is 0 Å². The molecule has 1 fully saturated rings. The van der Waals surface area contributed by atoms with Crippen LogP contribution in [0.15, 0.2) is 42.5 Å². The van der Waals surface area contributed by atoms with Crippen LogP contribution in [0.2, 0.25) is 0 Å². The molecule has 0 heterocycles. The summed E-state index contributed by atoms with van der Waals surface area (Å²) in [6, 6.07) is 10.6. The second kappa shape index (κ2) is 4.66. The SMILES string of the molecule is OC(C1CC=CCC1)C1CC1c1ccccc1. The molecule has 0 aromatic heterocycles. The van der Waals surface area contributed by atoms with Gasteiger partial charge in [-0.3, -0.25) is 0 Å². The van der Waals surface area contributed by atoms with Crippen molar-refractivity contribution in [3.05, 3.63) is 48.0 Å². The monoisotopic (exact) mass is 228 g/mol. The summed E-state index contributed by atoms with van der Waals surface area (Å²) < 4.78 is 0. The fourth-order valence-corrected chi connectivity index (χ4v) is 3.15. The van der Waals surface area contributed by atoms with E-state index in [-0.39, 0.29) is 6.10 Å². The van der Waals surface area contributed by atoms with Crippen molar-refractivity contribution in [3.8, 4) is 0 Å². The van der Waals surface area contributed by atoms with Gasteiger partial charge in [0.2, 0.25) is 0 Å². The molecule has 0 radical (unpaired) electrons. The zero-order valence-electron chi connectivity index (χ0n) is 10.1. The second-order valence-electron chi connectivity index (χ2n) is 5.45. The third-order valence-corrected chi connectivity index (χ3v) is 4.30. The van der Waals surface area contributed by atoms with Crippen LogP contribution in [0.1, 0.15) is 37.2 Å². The van der Waals surface area contributed by atoms with Gasteiger partial charge >= 0.3 is 0 Å². The highest BCUT2D eigenvalue weighted by molar-refractivity contribution is 5.26. The topological polar surface area (TPSA) is 20.2 Å². The Morgan fingerprint density at radius 1 is 1.12 bits per heavy atom. The third-order valence-electron chi connectivity index (χ3n) is 4.30. The number of aliphatic hydroxyl groups is 1. The van der Waals surface area contributed by atoms with Gasteiger partial charge in [0.25, 0.3) is 0 Å². The van der Waals surface area contributed by atoms with Crippen LogP contribution in [0.5, 0.6) is 0 Å². The van der Waals surface area contributed by atoms with Gasteiger partial charge in [0.1, 0.15) is 0 Å². The van der Waals surface area contributed by atoms with E-state index in [1.807, 2.05) is 0 Å². The Morgan fingerprint density at radius 2 is 1.94 bits per heavy atom. The smallest absolute Gasteiger partial charge is 0.0605 e. The average Bonchev–Trinajstić information content (AvgIpc) is 3.20. The maximum atomic E-state index is 10.4. The van der Waals surface area contributed by atoms with Crippen molar-refractivity contribution in [2.75, 3.05) is 0 Å². The van der Waals surface area contributed by atoms with Crippen LogP contribution in [0.4, 0.5) is 0 Å². The van der Waals surface area contributed by atoms with Gasteiger partial charge in [0.15, 0.2) is 0 Å². The van der Waals surface area contributed by atoms with Crippen LogP contribution in [-0.4, -0.2) is 11.2 Å². The maximum absolute atomic E-state index is 10.4. The largest absolute Gasteiger partial charge is 0.393 e. The molecule has 0 amide bonds. The van der Waals surface area contributed by atoms with Crippen LogP contribution < -0.4 is 0 Å². The van der Waals surface area contributed by atoms with Gasteiger partial charge in [-0.1, -0.05) is 42.5 Å². The Bertz CT molecular complexity index is 395. The summed E-state index contributed by atoms with van der Waals surface area (Å²) in [7, 11) is 0. The lowest BCUT2D eigenvalue weighted by Crippen LogP contribution is -2.24. The van der Waals surface area contributed by atoms with Crippen molar-refractivity contribution in [1.29, 1.82) is 0 Å². The summed E-state index contributed by atoms with van der Waals surface area (Å²) in [6.07, 6.45) is 8.93. The first-order valence-corrected chi connectivity index (χ1v) is 6.74. The third kappa shape index (κ3) is 2.30. The van der Waals surface area contributed by atoms with Gasteiger partial charge in [-0.25, -0.2) is 0 Å². The average molecular weight is 228 g/mol. The first kappa shape index (κ1) is 11.0. The lowest BCUT2D eigenvalue weighted by atomic mass is 9.86. The summed E-state index contributed by atoms with van der Waals surface area (Å²) in [6.45, 7) is 0. The molecule has 90 valence electrons. The highest BCUT2D eigenvalue weighted by atomic mass is 16.3. The van der Waals surface area contributed by atoms with E-state index in [1.54, 1.807) is 0 Å². The normalized spacial score (nSPS) is 33.4. The summed E-state index contributed by atoms with van der Waals surface area (Å²) in [4.78, 5) is 0. The highest BCUT2D eigenvalue weighted by Crippen LogP contribution is 2.51. The van der Waals surface area contributed by atoms with Crippen molar-refractivity contribution in [1.82, 2.24) is 0 Å². The van der Waals surface area contributed by atoms with Gasteiger partial charge < -0.3 is 5.11 Å². The molecule has 0 bridgehead atoms. The summed E-state index contributed by atoms with van der Waals surface area (Å²) in [5.74, 6) is 1.62. The first-order chi connectivity index (χ1) is 8.36. The molecule has 2 aliphatic carbocycles. The Morgan fingerprint density at radius 3 is 2.65 bits per heavy atom. The van der Waals surface area contributed by atoms with Gasteiger partial charge in [-0.2, -0.15) is 0 Å². The molecule has 2 aliphatic rings. The minimum absolute atomic E-state index is 0.0924. The summed E-state index contributed by atoms with van der Waals surface area (Å²) in [5.41, 5.74) is 1.41. The number of benzene rings is 1. The molecule has 0 aliphatic heterocycles. The summed E-state index contributed by atoms with van der Waals surface area (Å²) >= 11 is 0. The molecule has 3 rings (SSSR count). The number of rotatable bonds is 3. The molecule has 4 unspecified atom stereocenters. The molecule has 0 spiro atoms. The van der Waals surface area contributed by atoms with Crippen LogP contribution in [-0.2, 0) is 0 Å². The Labute approximate surface area is 103 Å². The minimum atomic E-state index is -0.0924. The van der Waals surface area contributed by atoms with Crippen LogP contribution in [0.25, 0.3) is 0 Å². The van der Waals surface area contributed by atoms with Gasteiger partial charge in [-0.05, 0) is 49.0 Å². The Hall–Kier alpha value is -1.08. The van der Waals surface area contributed by atoms with E-state index in [0.717, 1.165) is 19.3 Å². The minimum Gasteiger partial charge on any atom is -0.393 e. The number of aliphatic hydroxyl groups excluding tert-OH is 1. The Balaban J connectivity index is 1.62. The van der Waals surface area contributed by atoms with Crippen LogP contribution >= 0.6 is 0 Å². The number of hydrogen-bond donors (Lipinski definition) is 1. The van der Waals surface area contributed by atoms with E-state index in [1.165, 1.54) is 12.0 Å². The van der Waals surface area contributed by atoms with E-state index in [2.05, 4.69) is 42.5 Å². The van der Waals surface area contributed by atoms with Crippen molar-refractivity contribution in [2.45, 2.75) is 37.7 Å². The zero-order valence-corrected chi connectivity index (χ0v) is 10.1. The molecule has 1 heteroatoms. The van der Waals surface area contributed by atoms with Crippen molar-refractivity contribution < 1.29 is 5.11 Å². The fourth-order valence-electron chi connectivity index (χ4n) is 3.15. The van der Waals surface area contributed by atoms with Crippen molar-refractivity contribution in [2.24, 2.45) is 11.8 Å². The quantitative estimate of drug-likeness (QED) is 0.785. The lowest BCUT2D eigenvalue weighted by molar-refractivity contribution is 0.0795. The van der Waals surface area contributed by atoms with E-state index in [9.17, 15) is 5.11 Å². The van der Waals surface area contributed by atoms with E-state index in [4.69, 9.17) is 0 Å². The van der Waals surface area contributed by atoms with Gasteiger partial charge in [-0.15, -0.1) is 0 Å². The maximum Gasteiger partial charge on any atom is 0.0605 e. The lowest BCUT2D eigenvalue weighted by Gasteiger charge is -2.24. The summed E-state index contributed by atoms with van der Waals surface area (Å²) in [5, 5.41) is 10.4. The standard InChI is InChI=1S/C16H20O/c17-16(13-9-5-2-6-10-13)15-11-14(15)12-7-3-1-4-8-12/h1-5,7-8,13-17H,6,9-11H2. The molecular weight excluding hydrogens is 208 g/mol. The van der Waals surface area contributed by atoms with Crippen LogP contribution in [0, 0.1) is 11.8 Å². The zero-order chi connectivity index (χ0) is 11.7. The van der Waals surface area contributed by atoms with E-state index < -0.39 is 0 Å². The Kier molecular flexibility index (Phi) is 3.02. The molecule has 1 saturated carbocycles. The van der Waals surface area contributed by atoms with Gasteiger partial charge in [0, 0.05) is 0 Å². The molecular formula is C16H20O. The molecule has 1 aromatic rings. The highest BCUT2D eigenvalue weighted by Gasteiger charge is 2.45. The molecule has 4 atom stereocenters. The van der Waals surface area contributed by atoms with Gasteiger partial charge in [0.05, 0.1) is 6.10 Å². The predicted octanol–water partition coefficient (Wildman–Crippen LogP) is 3.51. The number of hydrogen-bond acceptors (Lipinski definition) is 1. The molecule has 1 N–H and O–H groups in total. The van der Waals surface area contributed by atoms with E-state index in [0.29, 0.717) is 17.8 Å². The number of allylic oxidation sites excluding steroid dienone is 2. The second-order valence-corrected chi connectivity index (χ2v) is 5.45. The molecule has 1 aromatic carbocycles.